The van der Waals surface area contributed by atoms with Crippen LogP contribution in [0.2, 0.25) is 0 Å². The zero-order valence-corrected chi connectivity index (χ0v) is 9.63. The summed E-state index contributed by atoms with van der Waals surface area (Å²) in [5.74, 6) is -0.348. The fourth-order valence-electron chi connectivity index (χ4n) is 1.34. The van der Waals surface area contributed by atoms with E-state index in [9.17, 15) is 9.59 Å². The summed E-state index contributed by atoms with van der Waals surface area (Å²) < 4.78 is 4.96. The summed E-state index contributed by atoms with van der Waals surface area (Å²) in [6, 6.07) is -0.210. The van der Waals surface area contributed by atoms with Gasteiger partial charge in [-0.25, -0.2) is 0 Å². The Bertz CT molecular complexity index is 249. The van der Waals surface area contributed by atoms with Crippen LogP contribution in [0.3, 0.4) is 0 Å². The zero-order chi connectivity index (χ0) is 11.5. The number of nitrogens with one attached hydrogen (secondary N) is 1. The molecule has 1 aliphatic rings. The minimum Gasteiger partial charge on any atom is -0.456 e. The normalized spacial score (nSPS) is 21.4. The molecule has 0 radical (unpaired) electrons. The Hall–Kier alpha value is -0.900. The molecule has 0 bridgehead atoms. The van der Waals surface area contributed by atoms with Crippen molar-refractivity contribution in [2.24, 2.45) is 5.41 Å². The van der Waals surface area contributed by atoms with Gasteiger partial charge in [0, 0.05) is 5.41 Å². The first-order chi connectivity index (χ1) is 6.91. The molecule has 1 rings (SSSR count). The third kappa shape index (κ3) is 3.63. The molecular weight excluding hydrogens is 194 g/mol. The summed E-state index contributed by atoms with van der Waals surface area (Å²) in [7, 11) is 0. The summed E-state index contributed by atoms with van der Waals surface area (Å²) in [6.07, 6.45) is 1.80. The summed E-state index contributed by atoms with van der Waals surface area (Å²) >= 11 is 0. The predicted octanol–water partition coefficient (Wildman–Crippen LogP) is 0.897. The lowest BCUT2D eigenvalue weighted by Gasteiger charge is -2.17. The highest BCUT2D eigenvalue weighted by Crippen LogP contribution is 2.15. The lowest BCUT2D eigenvalue weighted by atomic mass is 9.91. The van der Waals surface area contributed by atoms with Gasteiger partial charge in [0.15, 0.2) is 12.4 Å². The van der Waals surface area contributed by atoms with Crippen molar-refractivity contribution in [1.82, 2.24) is 5.32 Å². The Kier molecular flexibility index (Phi) is 3.85. The number of Topliss-reactive ketones (excluding diaryl/α,β-unsaturated/α-hetero) is 1. The Morgan fingerprint density at radius 3 is 2.53 bits per heavy atom. The van der Waals surface area contributed by atoms with Gasteiger partial charge in [-0.2, -0.15) is 0 Å². The second-order valence-corrected chi connectivity index (χ2v) is 4.93. The van der Waals surface area contributed by atoms with E-state index in [1.165, 1.54) is 0 Å². The highest BCUT2D eigenvalue weighted by atomic mass is 16.5. The van der Waals surface area contributed by atoms with Crippen LogP contribution in [0.4, 0.5) is 0 Å². The zero-order valence-electron chi connectivity index (χ0n) is 9.63. The Balaban J connectivity index is 2.30. The van der Waals surface area contributed by atoms with Gasteiger partial charge in [-0.05, 0) is 19.4 Å². The summed E-state index contributed by atoms with van der Waals surface area (Å²) in [4.78, 5) is 22.9. The van der Waals surface area contributed by atoms with Crippen molar-refractivity contribution < 1.29 is 14.3 Å². The predicted molar refractivity (Wildman–Crippen MR) is 56.4 cm³/mol. The molecule has 0 aromatic heterocycles. The molecule has 86 valence electrons. The van der Waals surface area contributed by atoms with Crippen molar-refractivity contribution >= 4 is 11.8 Å². The smallest absolute Gasteiger partial charge is 0.323 e. The maximum atomic E-state index is 11.5. The van der Waals surface area contributed by atoms with Gasteiger partial charge in [0.1, 0.15) is 6.04 Å². The van der Waals surface area contributed by atoms with E-state index in [0.29, 0.717) is 0 Å². The van der Waals surface area contributed by atoms with E-state index < -0.39 is 5.41 Å². The molecule has 4 heteroatoms. The van der Waals surface area contributed by atoms with Gasteiger partial charge < -0.3 is 10.1 Å². The molecule has 1 aliphatic heterocycles. The van der Waals surface area contributed by atoms with Crippen molar-refractivity contribution in [3.8, 4) is 0 Å². The van der Waals surface area contributed by atoms with Crippen LogP contribution in [0, 0.1) is 5.41 Å². The maximum Gasteiger partial charge on any atom is 0.323 e. The van der Waals surface area contributed by atoms with Gasteiger partial charge in [-0.3, -0.25) is 9.59 Å². The third-order valence-electron chi connectivity index (χ3n) is 2.53. The molecule has 0 unspecified atom stereocenters. The van der Waals surface area contributed by atoms with Crippen LogP contribution in [0.5, 0.6) is 0 Å². The van der Waals surface area contributed by atoms with Crippen molar-refractivity contribution in [2.75, 3.05) is 13.2 Å². The van der Waals surface area contributed by atoms with Gasteiger partial charge in [0.25, 0.3) is 0 Å². The summed E-state index contributed by atoms with van der Waals surface area (Å²) in [6.45, 7) is 6.19. The lowest BCUT2D eigenvalue weighted by molar-refractivity contribution is -0.151. The molecule has 1 saturated heterocycles. The number of esters is 1. The number of hydrogen-bond donors (Lipinski definition) is 1. The molecule has 0 spiro atoms. The van der Waals surface area contributed by atoms with E-state index >= 15 is 0 Å². The van der Waals surface area contributed by atoms with Crippen LogP contribution in [-0.4, -0.2) is 30.9 Å². The van der Waals surface area contributed by atoms with E-state index in [0.717, 1.165) is 19.4 Å². The second kappa shape index (κ2) is 4.75. The number of ether oxygens (including phenoxy) is 1. The van der Waals surface area contributed by atoms with Gasteiger partial charge in [-0.15, -0.1) is 0 Å². The second-order valence-electron chi connectivity index (χ2n) is 4.93. The molecule has 1 atom stereocenters. The molecule has 0 aromatic carbocycles. The standard InChI is InChI=1S/C11H19NO3/c1-11(2,3)9(13)7-15-10(14)8-5-4-6-12-8/h8,12H,4-7H2,1-3H3/t8-/m0/s1. The summed E-state index contributed by atoms with van der Waals surface area (Å²) in [5, 5.41) is 3.03. The molecular formula is C11H19NO3. The largest absolute Gasteiger partial charge is 0.456 e. The van der Waals surface area contributed by atoms with E-state index in [1.807, 2.05) is 20.8 Å². The number of hydrogen-bond acceptors (Lipinski definition) is 4. The summed E-state index contributed by atoms with van der Waals surface area (Å²) in [5.41, 5.74) is -0.441. The highest BCUT2D eigenvalue weighted by molar-refractivity contribution is 5.87. The Morgan fingerprint density at radius 2 is 2.07 bits per heavy atom. The van der Waals surface area contributed by atoms with Crippen molar-refractivity contribution in [2.45, 2.75) is 39.7 Å². The van der Waals surface area contributed by atoms with Crippen LogP contribution in [0.1, 0.15) is 33.6 Å². The maximum absolute atomic E-state index is 11.5. The lowest BCUT2D eigenvalue weighted by Crippen LogP contribution is -2.35. The number of carbonyl (C=O) groups excluding carboxylic acids is 2. The minimum absolute atomic E-state index is 0.0474. The molecule has 1 N–H and O–H groups in total. The Labute approximate surface area is 90.4 Å². The molecule has 4 nitrogen and oxygen atoms in total. The van der Waals surface area contributed by atoms with Crippen LogP contribution in [0.15, 0.2) is 0 Å². The Morgan fingerprint density at radius 1 is 1.40 bits per heavy atom. The van der Waals surface area contributed by atoms with E-state index in [-0.39, 0.29) is 24.4 Å². The average molecular weight is 213 g/mol. The molecule has 0 aliphatic carbocycles. The molecule has 0 amide bonds. The SMILES string of the molecule is CC(C)(C)C(=O)COC(=O)[C@@H]1CCCN1. The first kappa shape index (κ1) is 12.2. The van der Waals surface area contributed by atoms with Crippen molar-refractivity contribution in [1.29, 1.82) is 0 Å². The van der Waals surface area contributed by atoms with Crippen molar-refractivity contribution in [3.63, 3.8) is 0 Å². The van der Waals surface area contributed by atoms with Gasteiger partial charge in [-0.1, -0.05) is 20.8 Å². The first-order valence-electron chi connectivity index (χ1n) is 5.34. The molecule has 0 aromatic rings. The number of carbonyl (C=O) groups is 2. The molecule has 1 heterocycles. The quantitative estimate of drug-likeness (QED) is 0.708. The highest BCUT2D eigenvalue weighted by Gasteiger charge is 2.26. The van der Waals surface area contributed by atoms with E-state index in [1.54, 1.807) is 0 Å². The van der Waals surface area contributed by atoms with Crippen LogP contribution >= 0.6 is 0 Å². The first-order valence-corrected chi connectivity index (χ1v) is 5.34. The molecule has 1 fully saturated rings. The monoisotopic (exact) mass is 213 g/mol. The van der Waals surface area contributed by atoms with Gasteiger partial charge in [0.05, 0.1) is 0 Å². The molecule has 0 saturated carbocycles. The van der Waals surface area contributed by atoms with Gasteiger partial charge >= 0.3 is 5.97 Å². The van der Waals surface area contributed by atoms with Gasteiger partial charge in [0.2, 0.25) is 0 Å². The average Bonchev–Trinajstić information content (AvgIpc) is 2.64. The van der Waals surface area contributed by atoms with Crippen molar-refractivity contribution in [3.05, 3.63) is 0 Å². The van der Waals surface area contributed by atoms with Crippen LogP contribution in [0.25, 0.3) is 0 Å². The number of ketones is 1. The third-order valence-corrected chi connectivity index (χ3v) is 2.53. The number of rotatable bonds is 3. The van der Waals surface area contributed by atoms with E-state index in [2.05, 4.69) is 5.32 Å². The van der Waals surface area contributed by atoms with E-state index in [4.69, 9.17) is 4.74 Å². The van der Waals surface area contributed by atoms with Crippen LogP contribution in [-0.2, 0) is 14.3 Å². The topological polar surface area (TPSA) is 55.4 Å². The molecule has 15 heavy (non-hydrogen) atoms. The fourth-order valence-corrected chi connectivity index (χ4v) is 1.34. The van der Waals surface area contributed by atoms with Crippen LogP contribution < -0.4 is 5.32 Å². The fraction of sp³-hybridized carbons (Fsp3) is 0.818. The minimum atomic E-state index is -0.441.